The second-order valence-electron chi connectivity index (χ2n) is 2.82. The Balaban J connectivity index is 2.38. The molecule has 16 heavy (non-hydrogen) atoms. The van der Waals surface area contributed by atoms with Crippen molar-refractivity contribution in [3.63, 3.8) is 0 Å². The van der Waals surface area contributed by atoms with Gasteiger partial charge in [-0.2, -0.15) is 5.10 Å². The molecule has 0 unspecified atom stereocenters. The summed E-state index contributed by atoms with van der Waals surface area (Å²) in [6.07, 6.45) is 4.76. The first kappa shape index (κ1) is 10.4. The third-order valence-electron chi connectivity index (χ3n) is 1.87. The summed E-state index contributed by atoms with van der Waals surface area (Å²) in [4.78, 5) is 10.4. The van der Waals surface area contributed by atoms with Crippen molar-refractivity contribution >= 4 is 28.7 Å². The van der Waals surface area contributed by atoms with Gasteiger partial charge in [-0.3, -0.25) is 5.10 Å². The van der Waals surface area contributed by atoms with Crippen molar-refractivity contribution in [2.24, 2.45) is 5.11 Å². The number of hydrogen-bond acceptors (Lipinski definition) is 4. The van der Waals surface area contributed by atoms with Crippen LogP contribution in [0.25, 0.3) is 27.6 Å². The second kappa shape index (κ2) is 4.61. The maximum atomic E-state index is 8.10. The van der Waals surface area contributed by atoms with Gasteiger partial charge in [0.25, 0.3) is 0 Å². The van der Waals surface area contributed by atoms with Gasteiger partial charge in [-0.15, -0.1) is 0 Å². The Hall–Kier alpha value is -2.11. The number of hydrogen-bond donors (Lipinski definition) is 1. The van der Waals surface area contributed by atoms with E-state index in [4.69, 9.17) is 17.1 Å². The maximum Gasteiger partial charge on any atom is 0.186 e. The fraction of sp³-hybridized carbons (Fsp3) is 0.125. The van der Waals surface area contributed by atoms with Crippen LogP contribution in [0.15, 0.2) is 17.5 Å². The normalized spacial score (nSPS) is 10.8. The van der Waals surface area contributed by atoms with Gasteiger partial charge in [0.05, 0.1) is 11.1 Å². The monoisotopic (exact) mass is 235 g/mol. The van der Waals surface area contributed by atoms with E-state index in [1.54, 1.807) is 12.2 Å². The molecule has 2 rings (SSSR count). The standard InChI is InChI=1S/C8H6ClN7/c9-7-6-5(2-1-3-13-16-10)14-15-8(6)12-4-11-7/h1-2,4H,3H2,(H,11,12,14,15). The predicted octanol–water partition coefficient (Wildman–Crippen LogP) is 2.33. The lowest BCUT2D eigenvalue weighted by Gasteiger charge is -1.91. The minimum absolute atomic E-state index is 0.266. The van der Waals surface area contributed by atoms with Crippen LogP contribution in [0.4, 0.5) is 0 Å². The number of nitrogens with zero attached hydrogens (tertiary/aromatic N) is 6. The third-order valence-corrected chi connectivity index (χ3v) is 2.15. The summed E-state index contributed by atoms with van der Waals surface area (Å²) in [7, 11) is 0. The van der Waals surface area contributed by atoms with E-state index in [9.17, 15) is 0 Å². The summed E-state index contributed by atoms with van der Waals surface area (Å²) in [5.74, 6) is 0. The highest BCUT2D eigenvalue weighted by Gasteiger charge is 2.08. The fourth-order valence-electron chi connectivity index (χ4n) is 1.22. The topological polar surface area (TPSA) is 103 Å². The zero-order valence-corrected chi connectivity index (χ0v) is 8.76. The van der Waals surface area contributed by atoms with E-state index in [-0.39, 0.29) is 6.54 Å². The number of nitrogens with one attached hydrogen (secondary N) is 1. The van der Waals surface area contributed by atoms with E-state index in [0.29, 0.717) is 21.9 Å². The van der Waals surface area contributed by atoms with Gasteiger partial charge in [-0.1, -0.05) is 22.8 Å². The summed E-state index contributed by atoms with van der Waals surface area (Å²) in [5, 5.41) is 11.1. The van der Waals surface area contributed by atoms with Crippen LogP contribution in [-0.4, -0.2) is 26.7 Å². The first-order valence-electron chi connectivity index (χ1n) is 4.35. The molecule has 0 saturated heterocycles. The van der Waals surface area contributed by atoms with Gasteiger partial charge in [0.2, 0.25) is 0 Å². The van der Waals surface area contributed by atoms with Crippen molar-refractivity contribution in [3.05, 3.63) is 33.7 Å². The van der Waals surface area contributed by atoms with Crippen molar-refractivity contribution in [1.82, 2.24) is 20.2 Å². The molecule has 0 aliphatic rings. The molecule has 0 aliphatic carbocycles. The molecule has 0 radical (unpaired) electrons. The van der Waals surface area contributed by atoms with E-state index in [1.165, 1.54) is 6.33 Å². The largest absolute Gasteiger partial charge is 0.276 e. The highest BCUT2D eigenvalue weighted by atomic mass is 35.5. The van der Waals surface area contributed by atoms with Crippen molar-refractivity contribution in [3.8, 4) is 0 Å². The van der Waals surface area contributed by atoms with Crippen LogP contribution in [0.1, 0.15) is 5.69 Å². The first-order valence-corrected chi connectivity index (χ1v) is 4.72. The summed E-state index contributed by atoms with van der Waals surface area (Å²) in [5.41, 5.74) is 9.29. The minimum Gasteiger partial charge on any atom is -0.276 e. The van der Waals surface area contributed by atoms with Gasteiger partial charge in [0.1, 0.15) is 11.5 Å². The summed E-state index contributed by atoms with van der Waals surface area (Å²) in [6, 6.07) is 0. The van der Waals surface area contributed by atoms with E-state index in [0.717, 1.165) is 0 Å². The van der Waals surface area contributed by atoms with Crippen LogP contribution in [0.3, 0.4) is 0 Å². The molecule has 2 aromatic rings. The Kier molecular flexibility index (Phi) is 3.00. The molecule has 7 nitrogen and oxygen atoms in total. The summed E-state index contributed by atoms with van der Waals surface area (Å²) < 4.78 is 0. The molecule has 1 N–H and O–H groups in total. The van der Waals surface area contributed by atoms with Crippen LogP contribution in [0.2, 0.25) is 5.15 Å². The Morgan fingerprint density at radius 3 is 3.25 bits per heavy atom. The fourth-order valence-corrected chi connectivity index (χ4v) is 1.45. The van der Waals surface area contributed by atoms with Crippen LogP contribution in [0.5, 0.6) is 0 Å². The second-order valence-corrected chi connectivity index (χ2v) is 3.17. The summed E-state index contributed by atoms with van der Waals surface area (Å²) in [6.45, 7) is 0.266. The number of aromatic amines is 1. The Morgan fingerprint density at radius 1 is 1.56 bits per heavy atom. The maximum absolute atomic E-state index is 8.10. The van der Waals surface area contributed by atoms with Gasteiger partial charge in [0, 0.05) is 11.5 Å². The zero-order chi connectivity index (χ0) is 11.4. The number of fused-ring (bicyclic) bond motifs is 1. The van der Waals surface area contributed by atoms with Crippen molar-refractivity contribution in [1.29, 1.82) is 0 Å². The van der Waals surface area contributed by atoms with Crippen molar-refractivity contribution < 1.29 is 0 Å². The Morgan fingerprint density at radius 2 is 2.44 bits per heavy atom. The number of halogens is 1. The highest BCUT2D eigenvalue weighted by Crippen LogP contribution is 2.21. The lowest BCUT2D eigenvalue weighted by Crippen LogP contribution is -1.81. The molecule has 0 atom stereocenters. The van der Waals surface area contributed by atoms with Crippen LogP contribution >= 0.6 is 11.6 Å². The number of rotatable bonds is 3. The average molecular weight is 236 g/mol. The SMILES string of the molecule is [N-]=[N+]=NCC=Cc1[nH]nc2ncnc(Cl)c12. The molecular formula is C8H6ClN7. The number of azide groups is 1. The smallest absolute Gasteiger partial charge is 0.186 e. The molecule has 2 heterocycles. The average Bonchev–Trinajstić information content (AvgIpc) is 2.69. The molecule has 0 amide bonds. The number of H-pyrrole nitrogens is 1. The molecule has 0 aromatic carbocycles. The first-order chi connectivity index (χ1) is 7.83. The molecule has 0 spiro atoms. The lowest BCUT2D eigenvalue weighted by atomic mass is 10.3. The molecule has 0 saturated carbocycles. The summed E-state index contributed by atoms with van der Waals surface area (Å²) >= 11 is 5.92. The van der Waals surface area contributed by atoms with Gasteiger partial charge in [-0.05, 0) is 11.6 Å². The van der Waals surface area contributed by atoms with Crippen molar-refractivity contribution in [2.45, 2.75) is 0 Å². The zero-order valence-electron chi connectivity index (χ0n) is 8.00. The van der Waals surface area contributed by atoms with Gasteiger partial charge < -0.3 is 0 Å². The van der Waals surface area contributed by atoms with E-state index in [1.807, 2.05) is 0 Å². The molecule has 0 aliphatic heterocycles. The Bertz CT molecular complexity index is 581. The number of aromatic nitrogens is 4. The van der Waals surface area contributed by atoms with E-state index >= 15 is 0 Å². The van der Waals surface area contributed by atoms with E-state index in [2.05, 4.69) is 30.2 Å². The molecule has 2 aromatic heterocycles. The highest BCUT2D eigenvalue weighted by molar-refractivity contribution is 6.34. The molecule has 0 fully saturated rings. The van der Waals surface area contributed by atoms with E-state index < -0.39 is 0 Å². The van der Waals surface area contributed by atoms with Gasteiger partial charge in [0.15, 0.2) is 5.65 Å². The quantitative estimate of drug-likeness (QED) is 0.382. The van der Waals surface area contributed by atoms with Crippen LogP contribution in [0, 0.1) is 0 Å². The molecule has 8 heteroatoms. The van der Waals surface area contributed by atoms with Crippen LogP contribution in [-0.2, 0) is 0 Å². The third kappa shape index (κ3) is 1.95. The van der Waals surface area contributed by atoms with Crippen LogP contribution < -0.4 is 0 Å². The minimum atomic E-state index is 0.266. The predicted molar refractivity (Wildman–Crippen MR) is 59.7 cm³/mol. The van der Waals surface area contributed by atoms with Gasteiger partial charge >= 0.3 is 0 Å². The van der Waals surface area contributed by atoms with Gasteiger partial charge in [-0.25, -0.2) is 9.97 Å². The molecule has 80 valence electrons. The van der Waals surface area contributed by atoms with Crippen molar-refractivity contribution in [2.75, 3.05) is 6.54 Å². The Labute approximate surface area is 94.8 Å². The molecular weight excluding hydrogens is 230 g/mol. The lowest BCUT2D eigenvalue weighted by molar-refractivity contribution is 1.08. The molecule has 0 bridgehead atoms.